The number of ether oxygens (including phenoxy) is 2. The Morgan fingerprint density at radius 1 is 1.30 bits per heavy atom. The van der Waals surface area contributed by atoms with E-state index in [0.29, 0.717) is 12.5 Å². The van der Waals surface area contributed by atoms with Crippen molar-refractivity contribution in [2.24, 2.45) is 10.9 Å². The van der Waals surface area contributed by atoms with Crippen LogP contribution in [-0.4, -0.2) is 60.7 Å². The molecule has 1 aromatic heterocycles. The van der Waals surface area contributed by atoms with E-state index >= 15 is 0 Å². The summed E-state index contributed by atoms with van der Waals surface area (Å²) in [5.74, 6) is 3.48. The number of aliphatic imine (C=N–C) groups is 1. The Bertz CT molecular complexity index is 574. The lowest BCUT2D eigenvalue weighted by atomic mass is 10.1. The van der Waals surface area contributed by atoms with Gasteiger partial charge in [-0.1, -0.05) is 6.42 Å². The molecule has 8 nitrogen and oxygen atoms in total. The molecule has 1 atom stereocenters. The Hall–Kier alpha value is -0.940. The normalized spacial score (nSPS) is 19.9. The van der Waals surface area contributed by atoms with Crippen molar-refractivity contribution in [2.45, 2.75) is 51.6 Å². The molecule has 0 aliphatic carbocycles. The van der Waals surface area contributed by atoms with Gasteiger partial charge in [0.1, 0.15) is 5.82 Å². The number of halogens is 1. The van der Waals surface area contributed by atoms with Crippen LogP contribution in [0.25, 0.3) is 0 Å². The van der Waals surface area contributed by atoms with Crippen molar-refractivity contribution in [1.29, 1.82) is 0 Å². The minimum atomic E-state index is 0. The fraction of sp³-hybridized carbons (Fsp3) is 0.833. The maximum Gasteiger partial charge on any atom is 0.191 e. The number of aromatic nitrogens is 3. The van der Waals surface area contributed by atoms with Crippen molar-refractivity contribution in [3.05, 3.63) is 11.6 Å². The third-order valence-corrected chi connectivity index (χ3v) is 4.96. The van der Waals surface area contributed by atoms with Gasteiger partial charge in [0.2, 0.25) is 0 Å². The molecule has 2 aliphatic heterocycles. The largest absolute Gasteiger partial charge is 0.381 e. The molecule has 1 unspecified atom stereocenters. The third-order valence-electron chi connectivity index (χ3n) is 4.96. The first-order valence-corrected chi connectivity index (χ1v) is 9.88. The molecule has 0 spiro atoms. The van der Waals surface area contributed by atoms with E-state index in [4.69, 9.17) is 9.47 Å². The number of aryl methyl sites for hydroxylation is 1. The van der Waals surface area contributed by atoms with Gasteiger partial charge in [-0.25, -0.2) is 0 Å². The number of rotatable bonds is 8. The highest BCUT2D eigenvalue weighted by molar-refractivity contribution is 14.0. The Morgan fingerprint density at radius 2 is 2.22 bits per heavy atom. The minimum Gasteiger partial charge on any atom is -0.381 e. The van der Waals surface area contributed by atoms with Crippen molar-refractivity contribution in [2.75, 3.05) is 40.0 Å². The monoisotopic (exact) mass is 492 g/mol. The second kappa shape index (κ2) is 12.5. The van der Waals surface area contributed by atoms with Crippen LogP contribution in [0.15, 0.2) is 4.99 Å². The molecule has 0 saturated carbocycles. The summed E-state index contributed by atoms with van der Waals surface area (Å²) >= 11 is 0. The van der Waals surface area contributed by atoms with Gasteiger partial charge in [0.15, 0.2) is 11.8 Å². The fourth-order valence-corrected chi connectivity index (χ4v) is 3.41. The Labute approximate surface area is 178 Å². The van der Waals surface area contributed by atoms with E-state index < -0.39 is 0 Å². The zero-order valence-corrected chi connectivity index (χ0v) is 18.6. The summed E-state index contributed by atoms with van der Waals surface area (Å²) in [6.45, 7) is 5.80. The van der Waals surface area contributed by atoms with Gasteiger partial charge in [-0.2, -0.15) is 0 Å². The molecule has 0 radical (unpaired) electrons. The predicted molar refractivity (Wildman–Crippen MR) is 116 cm³/mol. The summed E-state index contributed by atoms with van der Waals surface area (Å²) in [6.07, 6.45) is 6.81. The highest BCUT2D eigenvalue weighted by Crippen LogP contribution is 2.14. The van der Waals surface area contributed by atoms with E-state index in [1.807, 2.05) is 0 Å². The van der Waals surface area contributed by atoms with Crippen LogP contribution in [0.5, 0.6) is 0 Å². The van der Waals surface area contributed by atoms with Gasteiger partial charge in [-0.05, 0) is 25.7 Å². The van der Waals surface area contributed by atoms with E-state index in [1.165, 1.54) is 19.3 Å². The first kappa shape index (κ1) is 22.4. The molecule has 1 fully saturated rings. The topological polar surface area (TPSA) is 85.6 Å². The SMILES string of the molecule is CN=C(NCCCOCC1CCOC1)NCc1nnc2n1CCCCC2.I. The van der Waals surface area contributed by atoms with Crippen LogP contribution < -0.4 is 10.6 Å². The second-order valence-corrected chi connectivity index (χ2v) is 7.01. The average molecular weight is 492 g/mol. The standard InChI is InChI=1S/C18H32N6O2.HI/c1-19-18(20-8-5-10-25-13-15-7-11-26-14-15)21-12-17-23-22-16-6-3-2-4-9-24(16)17;/h15H,2-14H2,1H3,(H2,19,20,21);1H. The summed E-state index contributed by atoms with van der Waals surface area (Å²) in [4.78, 5) is 4.28. The molecule has 2 aliphatic rings. The Kier molecular flexibility index (Phi) is 10.4. The Balaban J connectivity index is 0.00000261. The fourth-order valence-electron chi connectivity index (χ4n) is 3.41. The first-order valence-electron chi connectivity index (χ1n) is 9.88. The number of nitrogens with one attached hydrogen (secondary N) is 2. The molecule has 0 bridgehead atoms. The molecule has 1 aromatic rings. The van der Waals surface area contributed by atoms with Crippen LogP contribution in [0.4, 0.5) is 0 Å². The number of hydrogen-bond donors (Lipinski definition) is 2. The maximum atomic E-state index is 5.72. The second-order valence-electron chi connectivity index (χ2n) is 7.01. The minimum absolute atomic E-state index is 0. The average Bonchev–Trinajstić information content (AvgIpc) is 3.25. The van der Waals surface area contributed by atoms with Crippen molar-refractivity contribution >= 4 is 29.9 Å². The Morgan fingerprint density at radius 3 is 3.04 bits per heavy atom. The van der Waals surface area contributed by atoms with E-state index in [-0.39, 0.29) is 24.0 Å². The van der Waals surface area contributed by atoms with Crippen molar-refractivity contribution < 1.29 is 9.47 Å². The molecule has 0 amide bonds. The molecular weight excluding hydrogens is 459 g/mol. The zero-order valence-electron chi connectivity index (χ0n) is 16.3. The van der Waals surface area contributed by atoms with Gasteiger partial charge in [0.05, 0.1) is 19.8 Å². The van der Waals surface area contributed by atoms with E-state index in [1.54, 1.807) is 7.05 Å². The molecule has 1 saturated heterocycles. The summed E-state index contributed by atoms with van der Waals surface area (Å²) in [6, 6.07) is 0. The van der Waals surface area contributed by atoms with Crippen molar-refractivity contribution in [1.82, 2.24) is 25.4 Å². The lowest BCUT2D eigenvalue weighted by Gasteiger charge is -2.13. The number of nitrogens with zero attached hydrogens (tertiary/aromatic N) is 4. The molecule has 154 valence electrons. The van der Waals surface area contributed by atoms with Gasteiger partial charge in [0, 0.05) is 45.7 Å². The van der Waals surface area contributed by atoms with Crippen LogP contribution >= 0.6 is 24.0 Å². The van der Waals surface area contributed by atoms with Crippen molar-refractivity contribution in [3.8, 4) is 0 Å². The highest BCUT2D eigenvalue weighted by Gasteiger charge is 2.16. The lowest BCUT2D eigenvalue weighted by molar-refractivity contribution is 0.0888. The highest BCUT2D eigenvalue weighted by atomic mass is 127. The summed E-state index contributed by atoms with van der Waals surface area (Å²) < 4.78 is 13.3. The smallest absolute Gasteiger partial charge is 0.191 e. The van der Waals surface area contributed by atoms with Crippen LogP contribution in [0.1, 0.15) is 43.8 Å². The summed E-state index contributed by atoms with van der Waals surface area (Å²) in [5, 5.41) is 15.3. The summed E-state index contributed by atoms with van der Waals surface area (Å²) in [5.41, 5.74) is 0. The van der Waals surface area contributed by atoms with E-state index in [2.05, 4.69) is 30.4 Å². The molecule has 2 N–H and O–H groups in total. The first-order chi connectivity index (χ1) is 12.9. The van der Waals surface area contributed by atoms with Gasteiger partial charge >= 0.3 is 0 Å². The molecule has 3 rings (SSSR count). The number of hydrogen-bond acceptors (Lipinski definition) is 5. The molecule has 3 heterocycles. The molecule has 27 heavy (non-hydrogen) atoms. The molecule has 0 aromatic carbocycles. The zero-order chi connectivity index (χ0) is 18.0. The van der Waals surface area contributed by atoms with E-state index in [9.17, 15) is 0 Å². The molecule has 9 heteroatoms. The van der Waals surface area contributed by atoms with Crippen LogP contribution in [-0.2, 0) is 29.0 Å². The van der Waals surface area contributed by atoms with Crippen LogP contribution in [0, 0.1) is 5.92 Å². The van der Waals surface area contributed by atoms with Gasteiger partial charge in [-0.3, -0.25) is 4.99 Å². The van der Waals surface area contributed by atoms with E-state index in [0.717, 1.165) is 76.4 Å². The quantitative estimate of drug-likeness (QED) is 0.249. The van der Waals surface area contributed by atoms with Gasteiger partial charge < -0.3 is 24.7 Å². The predicted octanol–water partition coefficient (Wildman–Crippen LogP) is 1.73. The van der Waals surface area contributed by atoms with Gasteiger partial charge in [-0.15, -0.1) is 34.2 Å². The third kappa shape index (κ3) is 7.19. The van der Waals surface area contributed by atoms with Gasteiger partial charge in [0.25, 0.3) is 0 Å². The van der Waals surface area contributed by atoms with Crippen LogP contribution in [0.2, 0.25) is 0 Å². The summed E-state index contributed by atoms with van der Waals surface area (Å²) in [7, 11) is 1.79. The lowest BCUT2D eigenvalue weighted by Crippen LogP contribution is -2.38. The van der Waals surface area contributed by atoms with Crippen LogP contribution in [0.3, 0.4) is 0 Å². The molecular formula is C18H33IN6O2. The number of guanidine groups is 1. The number of fused-ring (bicyclic) bond motifs is 1. The maximum absolute atomic E-state index is 5.72. The van der Waals surface area contributed by atoms with Crippen molar-refractivity contribution in [3.63, 3.8) is 0 Å².